The highest BCUT2D eigenvalue weighted by Crippen LogP contribution is 2.32. The lowest BCUT2D eigenvalue weighted by Gasteiger charge is -2.47. The second-order valence-corrected chi connectivity index (χ2v) is 6.22. The fourth-order valence-electron chi connectivity index (χ4n) is 3.22. The topological polar surface area (TPSA) is 24.5 Å². The largest absolute Gasteiger partial charge is 0.493 e. The van der Waals surface area contributed by atoms with Gasteiger partial charge in [0.05, 0.1) is 6.61 Å². The maximum absolute atomic E-state index is 6.14. The Bertz CT molecular complexity index is 452. The molecule has 0 amide bonds. The molecule has 3 rings (SSSR count). The lowest BCUT2D eigenvalue weighted by atomic mass is 9.83. The van der Waals surface area contributed by atoms with E-state index in [9.17, 15) is 0 Å². The SMILES string of the molecule is CCN1CC(C)(COc2cccc3c2CNCC3)C1. The second kappa shape index (κ2) is 5.14. The van der Waals surface area contributed by atoms with Gasteiger partial charge in [-0.2, -0.15) is 0 Å². The van der Waals surface area contributed by atoms with Crippen molar-refractivity contribution in [2.24, 2.45) is 5.41 Å². The van der Waals surface area contributed by atoms with Crippen molar-refractivity contribution in [3.63, 3.8) is 0 Å². The monoisotopic (exact) mass is 260 g/mol. The highest BCUT2D eigenvalue weighted by Gasteiger charge is 2.38. The minimum absolute atomic E-state index is 0.334. The summed E-state index contributed by atoms with van der Waals surface area (Å²) in [6.07, 6.45) is 1.12. The van der Waals surface area contributed by atoms with E-state index in [-0.39, 0.29) is 0 Å². The molecule has 3 heteroatoms. The van der Waals surface area contributed by atoms with E-state index in [1.807, 2.05) is 0 Å². The van der Waals surface area contributed by atoms with Gasteiger partial charge in [-0.1, -0.05) is 26.0 Å². The first-order valence-corrected chi connectivity index (χ1v) is 7.37. The third kappa shape index (κ3) is 2.63. The van der Waals surface area contributed by atoms with Crippen LogP contribution in [0.5, 0.6) is 5.75 Å². The Kier molecular flexibility index (Phi) is 3.50. The molecule has 1 aromatic rings. The summed E-state index contributed by atoms with van der Waals surface area (Å²) >= 11 is 0. The van der Waals surface area contributed by atoms with E-state index in [4.69, 9.17) is 4.74 Å². The number of likely N-dealkylation sites (tertiary alicyclic amines) is 1. The first kappa shape index (κ1) is 12.9. The molecule has 0 aromatic heterocycles. The number of nitrogens with zero attached hydrogens (tertiary/aromatic N) is 1. The van der Waals surface area contributed by atoms with Gasteiger partial charge >= 0.3 is 0 Å². The highest BCUT2D eigenvalue weighted by molar-refractivity contribution is 5.41. The van der Waals surface area contributed by atoms with Crippen LogP contribution >= 0.6 is 0 Å². The van der Waals surface area contributed by atoms with Gasteiger partial charge in [0.2, 0.25) is 0 Å². The predicted octanol–water partition coefficient (Wildman–Crippen LogP) is 2.05. The third-order valence-electron chi connectivity index (χ3n) is 4.34. The Morgan fingerprint density at radius 2 is 2.21 bits per heavy atom. The van der Waals surface area contributed by atoms with Gasteiger partial charge in [-0.15, -0.1) is 0 Å². The summed E-state index contributed by atoms with van der Waals surface area (Å²) in [5.74, 6) is 1.08. The molecule has 104 valence electrons. The summed E-state index contributed by atoms with van der Waals surface area (Å²) < 4.78 is 6.14. The Morgan fingerprint density at radius 1 is 1.37 bits per heavy atom. The van der Waals surface area contributed by atoms with Crippen LogP contribution in [-0.4, -0.2) is 37.7 Å². The molecule has 0 aliphatic carbocycles. The molecule has 0 saturated carbocycles. The van der Waals surface area contributed by atoms with Crippen LogP contribution in [0.3, 0.4) is 0 Å². The van der Waals surface area contributed by atoms with Crippen LogP contribution in [0, 0.1) is 5.41 Å². The Hall–Kier alpha value is -1.06. The molecule has 3 nitrogen and oxygen atoms in total. The maximum Gasteiger partial charge on any atom is 0.124 e. The summed E-state index contributed by atoms with van der Waals surface area (Å²) in [7, 11) is 0. The van der Waals surface area contributed by atoms with Crippen molar-refractivity contribution in [2.45, 2.75) is 26.8 Å². The van der Waals surface area contributed by atoms with Gasteiger partial charge in [-0.25, -0.2) is 0 Å². The van der Waals surface area contributed by atoms with Gasteiger partial charge in [0.25, 0.3) is 0 Å². The zero-order valence-electron chi connectivity index (χ0n) is 12.0. The van der Waals surface area contributed by atoms with Gasteiger partial charge < -0.3 is 15.0 Å². The molecule has 1 aromatic carbocycles. The first-order chi connectivity index (χ1) is 9.20. The van der Waals surface area contributed by atoms with E-state index in [1.54, 1.807) is 0 Å². The number of benzene rings is 1. The van der Waals surface area contributed by atoms with Gasteiger partial charge in [0.15, 0.2) is 0 Å². The number of hydrogen-bond donors (Lipinski definition) is 1. The number of rotatable bonds is 4. The van der Waals surface area contributed by atoms with Gasteiger partial charge in [0.1, 0.15) is 5.75 Å². The van der Waals surface area contributed by atoms with Gasteiger partial charge in [-0.3, -0.25) is 0 Å². The standard InChI is InChI=1S/C16H24N2O/c1-3-18-10-16(2,11-18)12-19-15-6-4-5-13-7-8-17-9-14(13)15/h4-6,17H,3,7-12H2,1-2H3. The Balaban J connectivity index is 1.64. The van der Waals surface area contributed by atoms with E-state index in [0.29, 0.717) is 5.41 Å². The number of hydrogen-bond acceptors (Lipinski definition) is 3. The van der Waals surface area contributed by atoms with Crippen molar-refractivity contribution in [2.75, 3.05) is 32.8 Å². The Labute approximate surface area is 115 Å². The third-order valence-corrected chi connectivity index (χ3v) is 4.34. The van der Waals surface area contributed by atoms with Crippen LogP contribution in [0.4, 0.5) is 0 Å². The summed E-state index contributed by atoms with van der Waals surface area (Å²) in [6.45, 7) is 10.9. The minimum atomic E-state index is 0.334. The lowest BCUT2D eigenvalue weighted by molar-refractivity contribution is -0.0158. The van der Waals surface area contributed by atoms with Crippen molar-refractivity contribution in [3.05, 3.63) is 29.3 Å². The van der Waals surface area contributed by atoms with Crippen LogP contribution < -0.4 is 10.1 Å². The van der Waals surface area contributed by atoms with E-state index in [2.05, 4.69) is 42.3 Å². The smallest absolute Gasteiger partial charge is 0.124 e. The summed E-state index contributed by atoms with van der Waals surface area (Å²) in [5, 5.41) is 3.43. The minimum Gasteiger partial charge on any atom is -0.493 e. The molecule has 2 aliphatic rings. The molecular weight excluding hydrogens is 236 g/mol. The molecule has 0 spiro atoms. The highest BCUT2D eigenvalue weighted by atomic mass is 16.5. The number of ether oxygens (including phenoxy) is 1. The molecule has 2 heterocycles. The molecule has 0 unspecified atom stereocenters. The normalized spacial score (nSPS) is 21.6. The van der Waals surface area contributed by atoms with Crippen molar-refractivity contribution in [3.8, 4) is 5.75 Å². The van der Waals surface area contributed by atoms with Crippen molar-refractivity contribution < 1.29 is 4.74 Å². The average Bonchev–Trinajstić information content (AvgIpc) is 2.42. The zero-order valence-corrected chi connectivity index (χ0v) is 12.0. The molecular formula is C16H24N2O. The van der Waals surface area contributed by atoms with Crippen molar-refractivity contribution in [1.29, 1.82) is 0 Å². The van der Waals surface area contributed by atoms with E-state index in [1.165, 1.54) is 11.1 Å². The quantitative estimate of drug-likeness (QED) is 0.897. The molecule has 0 radical (unpaired) electrons. The fourth-order valence-corrected chi connectivity index (χ4v) is 3.22. The van der Waals surface area contributed by atoms with Gasteiger partial charge in [0, 0.05) is 30.6 Å². The van der Waals surface area contributed by atoms with Crippen LogP contribution in [0.2, 0.25) is 0 Å². The summed E-state index contributed by atoms with van der Waals surface area (Å²) in [4.78, 5) is 2.46. The molecule has 0 bridgehead atoms. The van der Waals surface area contributed by atoms with Crippen LogP contribution in [0.25, 0.3) is 0 Å². The first-order valence-electron chi connectivity index (χ1n) is 7.37. The van der Waals surface area contributed by atoms with E-state index in [0.717, 1.165) is 51.5 Å². The molecule has 1 saturated heterocycles. The molecule has 1 N–H and O–H groups in total. The van der Waals surface area contributed by atoms with Crippen LogP contribution in [0.1, 0.15) is 25.0 Å². The average molecular weight is 260 g/mol. The molecule has 0 atom stereocenters. The van der Waals surface area contributed by atoms with Crippen LogP contribution in [-0.2, 0) is 13.0 Å². The van der Waals surface area contributed by atoms with E-state index >= 15 is 0 Å². The van der Waals surface area contributed by atoms with E-state index < -0.39 is 0 Å². The maximum atomic E-state index is 6.14. The van der Waals surface area contributed by atoms with Crippen molar-refractivity contribution in [1.82, 2.24) is 10.2 Å². The zero-order chi connectivity index (χ0) is 13.3. The van der Waals surface area contributed by atoms with Crippen molar-refractivity contribution >= 4 is 0 Å². The van der Waals surface area contributed by atoms with Crippen LogP contribution in [0.15, 0.2) is 18.2 Å². The summed E-state index contributed by atoms with van der Waals surface area (Å²) in [5.41, 5.74) is 3.15. The molecule has 19 heavy (non-hydrogen) atoms. The number of nitrogens with one attached hydrogen (secondary N) is 1. The number of fused-ring (bicyclic) bond motifs is 1. The lowest BCUT2D eigenvalue weighted by Crippen LogP contribution is -2.57. The van der Waals surface area contributed by atoms with Gasteiger partial charge in [-0.05, 0) is 31.1 Å². The fraction of sp³-hybridized carbons (Fsp3) is 0.625. The predicted molar refractivity (Wildman–Crippen MR) is 77.6 cm³/mol. The second-order valence-electron chi connectivity index (χ2n) is 6.22. The summed E-state index contributed by atoms with van der Waals surface area (Å²) in [6, 6.07) is 6.47. The Morgan fingerprint density at radius 3 is 3.00 bits per heavy atom. The molecule has 1 fully saturated rings. The molecule has 2 aliphatic heterocycles.